The first-order valence-corrected chi connectivity index (χ1v) is 14.8. The molecule has 0 amide bonds. The molecule has 2 aromatic carbocycles. The van der Waals surface area contributed by atoms with Crippen molar-refractivity contribution in [2.75, 3.05) is 13.4 Å². The number of epoxide rings is 1. The van der Waals surface area contributed by atoms with Gasteiger partial charge in [-0.1, -0.05) is 35.9 Å². The lowest BCUT2D eigenvalue weighted by Crippen LogP contribution is -2.53. The van der Waals surface area contributed by atoms with Crippen molar-refractivity contribution in [3.8, 4) is 11.5 Å². The monoisotopic (exact) mass is 568 g/mol. The molecule has 40 heavy (non-hydrogen) atoms. The molecule has 0 radical (unpaired) electrons. The van der Waals surface area contributed by atoms with Gasteiger partial charge < -0.3 is 28.2 Å². The minimum absolute atomic E-state index is 0.0138. The normalized spacial score (nSPS) is 27.8. The SMILES string of the molecule is CO[C@@H]1CC[C@@H](OC(=O)/C=C/c2ccc(Oc3ccc(COSC)cc3)cc2)[C@@H](O)[C@@H]1C1(C)OC1CC=C(C)C. The maximum Gasteiger partial charge on any atom is 0.331 e. The number of benzene rings is 2. The number of ether oxygens (including phenoxy) is 4. The summed E-state index contributed by atoms with van der Waals surface area (Å²) in [5.74, 6) is 0.646. The Morgan fingerprint density at radius 3 is 2.35 bits per heavy atom. The molecule has 6 atom stereocenters. The molecule has 2 fully saturated rings. The molecule has 1 saturated heterocycles. The fourth-order valence-electron chi connectivity index (χ4n) is 5.34. The third kappa shape index (κ3) is 7.77. The van der Waals surface area contributed by atoms with E-state index in [-0.39, 0.29) is 18.1 Å². The van der Waals surface area contributed by atoms with E-state index in [4.69, 9.17) is 23.1 Å². The number of aliphatic hydroxyl groups excluding tert-OH is 1. The van der Waals surface area contributed by atoms with Crippen molar-refractivity contribution in [1.82, 2.24) is 0 Å². The van der Waals surface area contributed by atoms with Crippen LogP contribution in [-0.2, 0) is 29.8 Å². The van der Waals surface area contributed by atoms with Crippen LogP contribution in [0, 0.1) is 5.92 Å². The van der Waals surface area contributed by atoms with Crippen LogP contribution < -0.4 is 4.74 Å². The number of methoxy groups -OCH3 is 1. The molecule has 0 aromatic heterocycles. The molecule has 7 nitrogen and oxygen atoms in total. The van der Waals surface area contributed by atoms with Gasteiger partial charge in [0.25, 0.3) is 0 Å². The van der Waals surface area contributed by atoms with Gasteiger partial charge in [-0.2, -0.15) is 0 Å². The Hall–Kier alpha value is -2.62. The molecule has 0 spiro atoms. The molecular formula is C32H40O7S. The molecule has 4 rings (SSSR count). The zero-order valence-corrected chi connectivity index (χ0v) is 24.7. The molecule has 1 N–H and O–H groups in total. The van der Waals surface area contributed by atoms with Crippen molar-refractivity contribution in [3.63, 3.8) is 0 Å². The smallest absolute Gasteiger partial charge is 0.331 e. The van der Waals surface area contributed by atoms with E-state index in [1.54, 1.807) is 13.2 Å². The highest BCUT2D eigenvalue weighted by molar-refractivity contribution is 7.93. The van der Waals surface area contributed by atoms with E-state index in [0.29, 0.717) is 25.2 Å². The highest BCUT2D eigenvalue weighted by Crippen LogP contribution is 2.51. The van der Waals surface area contributed by atoms with E-state index < -0.39 is 23.8 Å². The van der Waals surface area contributed by atoms with Crippen molar-refractivity contribution >= 4 is 24.1 Å². The Kier molecular flexibility index (Phi) is 10.5. The minimum Gasteiger partial charge on any atom is -0.457 e. The zero-order valence-electron chi connectivity index (χ0n) is 23.9. The van der Waals surface area contributed by atoms with Crippen molar-refractivity contribution in [3.05, 3.63) is 77.4 Å². The van der Waals surface area contributed by atoms with Gasteiger partial charge in [0.2, 0.25) is 0 Å². The second-order valence-electron chi connectivity index (χ2n) is 10.7. The second-order valence-corrected chi connectivity index (χ2v) is 11.3. The van der Waals surface area contributed by atoms with Crippen molar-refractivity contribution in [2.45, 2.75) is 76.7 Å². The topological polar surface area (TPSA) is 86.8 Å². The Bertz CT molecular complexity index is 1170. The molecule has 1 aliphatic carbocycles. The van der Waals surface area contributed by atoms with Gasteiger partial charge >= 0.3 is 5.97 Å². The number of allylic oxidation sites excluding steroid dienone is 1. The average Bonchev–Trinajstić information content (AvgIpc) is 3.62. The van der Waals surface area contributed by atoms with E-state index in [1.807, 2.05) is 61.7 Å². The molecule has 2 aliphatic rings. The van der Waals surface area contributed by atoms with Gasteiger partial charge in [0, 0.05) is 25.4 Å². The van der Waals surface area contributed by atoms with E-state index >= 15 is 0 Å². The highest BCUT2D eigenvalue weighted by Gasteiger charge is 2.63. The summed E-state index contributed by atoms with van der Waals surface area (Å²) in [6, 6.07) is 15.2. The van der Waals surface area contributed by atoms with Gasteiger partial charge in [0.15, 0.2) is 0 Å². The Morgan fingerprint density at radius 2 is 1.73 bits per heavy atom. The average molecular weight is 569 g/mol. The summed E-state index contributed by atoms with van der Waals surface area (Å²) in [5, 5.41) is 11.2. The fraction of sp³-hybridized carbons (Fsp3) is 0.469. The van der Waals surface area contributed by atoms with Gasteiger partial charge in [0.05, 0.1) is 24.9 Å². The number of hydrogen-bond acceptors (Lipinski definition) is 8. The molecule has 216 valence electrons. The maximum absolute atomic E-state index is 12.7. The number of aliphatic hydroxyl groups is 1. The molecule has 8 heteroatoms. The summed E-state index contributed by atoms with van der Waals surface area (Å²) in [4.78, 5) is 12.7. The number of carbonyl (C=O) groups excluding carboxylic acids is 1. The lowest BCUT2D eigenvalue weighted by molar-refractivity contribution is -0.168. The van der Waals surface area contributed by atoms with Crippen LogP contribution in [0.1, 0.15) is 51.2 Å². The van der Waals surface area contributed by atoms with Crippen molar-refractivity contribution < 1.29 is 33.0 Å². The summed E-state index contributed by atoms with van der Waals surface area (Å²) in [6.07, 6.45) is 7.49. The summed E-state index contributed by atoms with van der Waals surface area (Å²) in [7, 11) is 1.66. The fourth-order valence-corrected chi connectivity index (χ4v) is 5.59. The van der Waals surface area contributed by atoms with Crippen LogP contribution in [0.5, 0.6) is 11.5 Å². The number of esters is 1. The molecule has 0 bridgehead atoms. The van der Waals surface area contributed by atoms with E-state index in [2.05, 4.69) is 19.9 Å². The van der Waals surface area contributed by atoms with Crippen LogP contribution in [0.4, 0.5) is 0 Å². The van der Waals surface area contributed by atoms with Crippen LogP contribution in [0.2, 0.25) is 0 Å². The standard InChI is InChI=1S/C32H40O7S/c1-21(2)6-18-28-32(3,39-28)30-26(35-4)16-17-27(31(30)34)38-29(33)19-11-22-7-12-24(13-8-22)37-25-14-9-23(10-15-25)20-36-40-5/h6-15,19,26-28,30-31,34H,16-18,20H2,1-5H3/b19-11+/t26-,27-,28?,30-,31-,32?/m1/s1. The zero-order chi connectivity index (χ0) is 28.7. The first kappa shape index (κ1) is 30.3. The largest absolute Gasteiger partial charge is 0.457 e. The lowest BCUT2D eigenvalue weighted by atomic mass is 9.73. The third-order valence-electron chi connectivity index (χ3n) is 7.63. The minimum atomic E-state index is -0.874. The molecule has 2 aromatic rings. The van der Waals surface area contributed by atoms with E-state index in [1.165, 1.54) is 23.7 Å². The number of hydrogen-bond donors (Lipinski definition) is 1. The van der Waals surface area contributed by atoms with Crippen molar-refractivity contribution in [2.24, 2.45) is 5.92 Å². The summed E-state index contributed by atoms with van der Waals surface area (Å²) in [5.41, 5.74) is 2.62. The summed E-state index contributed by atoms with van der Waals surface area (Å²) >= 11 is 1.34. The van der Waals surface area contributed by atoms with Gasteiger partial charge in [-0.25, -0.2) is 4.79 Å². The van der Waals surface area contributed by atoms with Crippen LogP contribution in [0.15, 0.2) is 66.3 Å². The van der Waals surface area contributed by atoms with Crippen LogP contribution in [0.3, 0.4) is 0 Å². The van der Waals surface area contributed by atoms with Gasteiger partial charge in [-0.05, 0) is 93.5 Å². The van der Waals surface area contributed by atoms with E-state index in [0.717, 1.165) is 23.3 Å². The molecular weight excluding hydrogens is 528 g/mol. The summed E-state index contributed by atoms with van der Waals surface area (Å²) < 4.78 is 28.7. The number of carbonyl (C=O) groups is 1. The van der Waals surface area contributed by atoms with E-state index in [9.17, 15) is 9.90 Å². The Labute approximate surface area is 241 Å². The third-order valence-corrected chi connectivity index (χ3v) is 7.98. The molecule has 1 aliphatic heterocycles. The maximum atomic E-state index is 12.7. The van der Waals surface area contributed by atoms with Gasteiger partial charge in [-0.3, -0.25) is 0 Å². The second kappa shape index (κ2) is 13.8. The first-order valence-electron chi connectivity index (χ1n) is 13.7. The molecule has 2 unspecified atom stereocenters. The van der Waals surface area contributed by atoms with Gasteiger partial charge in [0.1, 0.15) is 23.2 Å². The lowest BCUT2D eigenvalue weighted by Gasteiger charge is -2.41. The Balaban J connectivity index is 1.31. The predicted molar refractivity (Wildman–Crippen MR) is 157 cm³/mol. The quantitative estimate of drug-likeness (QED) is 0.102. The van der Waals surface area contributed by atoms with Crippen LogP contribution in [0.25, 0.3) is 6.08 Å². The Morgan fingerprint density at radius 1 is 1.07 bits per heavy atom. The highest BCUT2D eigenvalue weighted by atomic mass is 32.2. The van der Waals surface area contributed by atoms with Crippen LogP contribution >= 0.6 is 12.0 Å². The number of rotatable bonds is 12. The predicted octanol–water partition coefficient (Wildman–Crippen LogP) is 6.50. The van der Waals surface area contributed by atoms with Gasteiger partial charge in [-0.15, -0.1) is 0 Å². The molecule has 1 saturated carbocycles. The first-order chi connectivity index (χ1) is 19.2. The van der Waals surface area contributed by atoms with Crippen molar-refractivity contribution in [1.29, 1.82) is 0 Å². The van der Waals surface area contributed by atoms with Crippen LogP contribution in [-0.4, -0.2) is 54.5 Å². The summed E-state index contributed by atoms with van der Waals surface area (Å²) in [6.45, 7) is 6.68. The molecule has 1 heterocycles.